The number of rotatable bonds is 4. The lowest BCUT2D eigenvalue weighted by molar-refractivity contribution is -0.163. The van der Waals surface area contributed by atoms with Gasteiger partial charge in [-0.05, 0) is 30.7 Å². The standard InChI is InChI=1S/C21H29N3O4S/c1-22(12-15-7-4-3-5-8-15)21(26)20-17-11-16(13-23(14-17)29(2,27)28)18-9-6-10-19(25)24(18)20/h3-5,7-8,16-18,20H,6,9-14H2,1-2H3/t16-,17+,18+,20-/m1/s1. The van der Waals surface area contributed by atoms with Gasteiger partial charge in [-0.3, -0.25) is 9.59 Å². The summed E-state index contributed by atoms with van der Waals surface area (Å²) in [4.78, 5) is 29.9. The zero-order valence-electron chi connectivity index (χ0n) is 17.0. The molecule has 3 saturated heterocycles. The van der Waals surface area contributed by atoms with Crippen LogP contribution in [0.4, 0.5) is 0 Å². The Morgan fingerprint density at radius 1 is 1.17 bits per heavy atom. The topological polar surface area (TPSA) is 78.0 Å². The minimum absolute atomic E-state index is 0.0372. The summed E-state index contributed by atoms with van der Waals surface area (Å²) in [6.45, 7) is 1.22. The molecule has 3 fully saturated rings. The highest BCUT2D eigenvalue weighted by atomic mass is 32.2. The van der Waals surface area contributed by atoms with Crippen molar-refractivity contribution in [1.29, 1.82) is 0 Å². The number of hydrogen-bond donors (Lipinski definition) is 0. The van der Waals surface area contributed by atoms with Gasteiger partial charge in [0, 0.05) is 45.1 Å². The van der Waals surface area contributed by atoms with Crippen molar-refractivity contribution < 1.29 is 18.0 Å². The SMILES string of the molecule is CN(Cc1ccccc1)C(=O)[C@H]1[C@H]2C[C@H](CN(S(C)(=O)=O)C2)[C@@H]2CCCC(=O)N21. The Balaban J connectivity index is 1.63. The Bertz CT molecular complexity index is 888. The van der Waals surface area contributed by atoms with E-state index in [-0.39, 0.29) is 29.7 Å². The molecule has 3 aliphatic rings. The van der Waals surface area contributed by atoms with E-state index in [1.807, 2.05) is 35.2 Å². The molecule has 0 spiro atoms. The Hall–Kier alpha value is -1.93. The first-order valence-corrected chi connectivity index (χ1v) is 12.2. The van der Waals surface area contributed by atoms with Crippen molar-refractivity contribution in [1.82, 2.24) is 14.1 Å². The van der Waals surface area contributed by atoms with Crippen LogP contribution in [0, 0.1) is 11.8 Å². The quantitative estimate of drug-likeness (QED) is 0.737. The predicted molar refractivity (Wildman–Crippen MR) is 109 cm³/mol. The number of likely N-dealkylation sites (N-methyl/N-ethyl adjacent to an activating group) is 1. The highest BCUT2D eigenvalue weighted by molar-refractivity contribution is 7.88. The molecule has 8 heteroatoms. The highest BCUT2D eigenvalue weighted by Crippen LogP contribution is 2.42. The number of nitrogens with zero attached hydrogens (tertiary/aromatic N) is 3. The molecule has 0 unspecified atom stereocenters. The van der Waals surface area contributed by atoms with Crippen molar-refractivity contribution in [3.05, 3.63) is 35.9 Å². The summed E-state index contributed by atoms with van der Waals surface area (Å²) in [6.07, 6.45) is 4.15. The maximum Gasteiger partial charge on any atom is 0.245 e. The average Bonchev–Trinajstić information content (AvgIpc) is 2.68. The van der Waals surface area contributed by atoms with E-state index in [2.05, 4.69) is 0 Å². The Morgan fingerprint density at radius 3 is 2.55 bits per heavy atom. The van der Waals surface area contributed by atoms with Crippen LogP contribution in [0.2, 0.25) is 0 Å². The molecule has 4 atom stereocenters. The number of carbonyl (C=O) groups excluding carboxylic acids is 2. The molecule has 2 amide bonds. The van der Waals surface area contributed by atoms with E-state index in [9.17, 15) is 18.0 Å². The third-order valence-corrected chi connectivity index (χ3v) is 7.90. The molecule has 0 N–H and O–H groups in total. The average molecular weight is 420 g/mol. The molecule has 1 aromatic rings. The van der Waals surface area contributed by atoms with E-state index in [1.165, 1.54) is 10.6 Å². The second kappa shape index (κ2) is 7.72. The van der Waals surface area contributed by atoms with Gasteiger partial charge in [0.2, 0.25) is 21.8 Å². The fourth-order valence-electron chi connectivity index (χ4n) is 5.36. The van der Waals surface area contributed by atoms with Gasteiger partial charge in [0.1, 0.15) is 6.04 Å². The molecular formula is C21H29N3O4S. The molecule has 3 aliphatic heterocycles. The second-order valence-electron chi connectivity index (χ2n) is 8.72. The molecule has 0 aliphatic carbocycles. The van der Waals surface area contributed by atoms with E-state index in [0.717, 1.165) is 24.8 Å². The first kappa shape index (κ1) is 20.3. The van der Waals surface area contributed by atoms with Gasteiger partial charge in [-0.25, -0.2) is 12.7 Å². The molecule has 158 valence electrons. The van der Waals surface area contributed by atoms with Crippen molar-refractivity contribution in [3.8, 4) is 0 Å². The number of piperidine rings is 3. The van der Waals surface area contributed by atoms with Crippen LogP contribution in [-0.4, -0.2) is 72.8 Å². The number of sulfonamides is 1. The van der Waals surface area contributed by atoms with Gasteiger partial charge in [0.05, 0.1) is 6.26 Å². The summed E-state index contributed by atoms with van der Waals surface area (Å²) >= 11 is 0. The third-order valence-electron chi connectivity index (χ3n) is 6.67. The summed E-state index contributed by atoms with van der Waals surface area (Å²) < 4.78 is 26.0. The monoisotopic (exact) mass is 419 g/mol. The van der Waals surface area contributed by atoms with Crippen LogP contribution in [0.1, 0.15) is 31.2 Å². The molecule has 29 heavy (non-hydrogen) atoms. The molecule has 1 aromatic carbocycles. The number of carbonyl (C=O) groups is 2. The van der Waals surface area contributed by atoms with Crippen molar-refractivity contribution in [2.75, 3.05) is 26.4 Å². The zero-order chi connectivity index (χ0) is 20.8. The minimum Gasteiger partial charge on any atom is -0.340 e. The van der Waals surface area contributed by atoms with Gasteiger partial charge in [-0.15, -0.1) is 0 Å². The number of amides is 2. The summed E-state index contributed by atoms with van der Waals surface area (Å²) in [6, 6.07) is 9.13. The largest absolute Gasteiger partial charge is 0.340 e. The van der Waals surface area contributed by atoms with E-state index < -0.39 is 16.1 Å². The first-order chi connectivity index (χ1) is 13.8. The predicted octanol–water partition coefficient (Wildman–Crippen LogP) is 1.31. The fraction of sp³-hybridized carbons (Fsp3) is 0.619. The summed E-state index contributed by atoms with van der Waals surface area (Å²) in [7, 11) is -1.57. The second-order valence-corrected chi connectivity index (χ2v) is 10.7. The van der Waals surface area contributed by atoms with Gasteiger partial charge >= 0.3 is 0 Å². The number of fused-ring (bicyclic) bond motifs is 4. The lowest BCUT2D eigenvalue weighted by atomic mass is 9.72. The Morgan fingerprint density at radius 2 is 1.86 bits per heavy atom. The van der Waals surface area contributed by atoms with Crippen LogP contribution in [0.15, 0.2) is 30.3 Å². The van der Waals surface area contributed by atoms with Crippen LogP contribution in [0.5, 0.6) is 0 Å². The van der Waals surface area contributed by atoms with Crippen LogP contribution in [0.25, 0.3) is 0 Å². The van der Waals surface area contributed by atoms with Crippen LogP contribution in [-0.2, 0) is 26.2 Å². The van der Waals surface area contributed by atoms with Crippen molar-refractivity contribution >= 4 is 21.8 Å². The lowest BCUT2D eigenvalue weighted by Crippen LogP contribution is -2.68. The van der Waals surface area contributed by atoms with E-state index in [0.29, 0.717) is 26.1 Å². The van der Waals surface area contributed by atoms with Crippen LogP contribution < -0.4 is 0 Å². The van der Waals surface area contributed by atoms with E-state index in [4.69, 9.17) is 0 Å². The zero-order valence-corrected chi connectivity index (χ0v) is 17.8. The maximum absolute atomic E-state index is 13.5. The van der Waals surface area contributed by atoms with Crippen LogP contribution in [0.3, 0.4) is 0 Å². The van der Waals surface area contributed by atoms with Gasteiger partial charge in [0.25, 0.3) is 0 Å². The van der Waals surface area contributed by atoms with Crippen molar-refractivity contribution in [3.63, 3.8) is 0 Å². The summed E-state index contributed by atoms with van der Waals surface area (Å²) in [5, 5.41) is 0. The van der Waals surface area contributed by atoms with Gasteiger partial charge in [-0.2, -0.15) is 0 Å². The molecule has 3 heterocycles. The summed E-state index contributed by atoms with van der Waals surface area (Å²) in [5.41, 5.74) is 1.03. The molecule has 0 radical (unpaired) electrons. The Labute approximate surface area is 172 Å². The fourth-order valence-corrected chi connectivity index (χ4v) is 6.29. The molecular weight excluding hydrogens is 390 g/mol. The Kier molecular flexibility index (Phi) is 5.42. The smallest absolute Gasteiger partial charge is 0.245 e. The number of hydrogen-bond acceptors (Lipinski definition) is 4. The molecule has 0 saturated carbocycles. The van der Waals surface area contributed by atoms with E-state index in [1.54, 1.807) is 11.9 Å². The van der Waals surface area contributed by atoms with Gasteiger partial charge in [-0.1, -0.05) is 30.3 Å². The van der Waals surface area contributed by atoms with Gasteiger partial charge < -0.3 is 9.80 Å². The molecule has 2 bridgehead atoms. The van der Waals surface area contributed by atoms with E-state index >= 15 is 0 Å². The van der Waals surface area contributed by atoms with Crippen LogP contribution >= 0.6 is 0 Å². The summed E-state index contributed by atoms with van der Waals surface area (Å²) in [5.74, 6) is -0.105. The highest BCUT2D eigenvalue weighted by Gasteiger charge is 2.53. The first-order valence-electron chi connectivity index (χ1n) is 10.3. The maximum atomic E-state index is 13.5. The van der Waals surface area contributed by atoms with Crippen molar-refractivity contribution in [2.24, 2.45) is 11.8 Å². The normalized spacial score (nSPS) is 30.0. The third kappa shape index (κ3) is 3.92. The number of benzene rings is 1. The molecule has 0 aromatic heterocycles. The molecule has 7 nitrogen and oxygen atoms in total. The van der Waals surface area contributed by atoms with Gasteiger partial charge in [0.15, 0.2) is 0 Å². The minimum atomic E-state index is -3.33. The lowest BCUT2D eigenvalue weighted by Gasteiger charge is -2.55. The van der Waals surface area contributed by atoms with Crippen molar-refractivity contribution in [2.45, 2.75) is 44.3 Å². The molecule has 4 rings (SSSR count).